The number of nitrogens with one attached hydrogen (secondary N) is 1. The van der Waals surface area contributed by atoms with E-state index in [-0.39, 0.29) is 16.7 Å². The van der Waals surface area contributed by atoms with E-state index in [0.717, 1.165) is 48.7 Å². The molecule has 0 saturated carbocycles. The highest BCUT2D eigenvalue weighted by Crippen LogP contribution is 2.30. The van der Waals surface area contributed by atoms with Crippen LogP contribution < -0.4 is 0 Å². The minimum atomic E-state index is -3.63. The fraction of sp³-hybridized carbons (Fsp3) is 0.278. The molecule has 0 radical (unpaired) electrons. The monoisotopic (exact) mass is 467 g/mol. The van der Waals surface area contributed by atoms with Gasteiger partial charge in [0.2, 0.25) is 5.91 Å². The second kappa shape index (κ2) is 7.05. The maximum absolute atomic E-state index is 12.8. The van der Waals surface area contributed by atoms with Crippen LogP contribution in [0.3, 0.4) is 0 Å². The lowest BCUT2D eigenvalue weighted by atomic mass is 10.0. The van der Waals surface area contributed by atoms with Crippen molar-refractivity contribution in [2.24, 2.45) is 0 Å². The highest BCUT2D eigenvalue weighted by atomic mass is 79.9. The molecule has 9 heteroatoms. The summed E-state index contributed by atoms with van der Waals surface area (Å²) in [5.74, 6) is -0.187. The molecule has 4 rings (SSSR count). The first-order valence-corrected chi connectivity index (χ1v) is 11.5. The average Bonchev–Trinajstić information content (AvgIpc) is 3.29. The van der Waals surface area contributed by atoms with Gasteiger partial charge in [0.25, 0.3) is 10.0 Å². The molecule has 1 aliphatic heterocycles. The number of amides is 1. The molecule has 0 aliphatic carbocycles. The number of thiophene rings is 1. The lowest BCUT2D eigenvalue weighted by molar-refractivity contribution is -0.132. The number of hydrogen-bond donors (Lipinski definition) is 1. The quantitative estimate of drug-likeness (QED) is 0.639. The average molecular weight is 468 g/mol. The number of fused-ring (bicyclic) bond motifs is 3. The van der Waals surface area contributed by atoms with Gasteiger partial charge in [-0.05, 0) is 29.6 Å². The molecule has 27 heavy (non-hydrogen) atoms. The molecule has 1 aromatic carbocycles. The number of hydrogen-bond acceptors (Lipinski definition) is 4. The first-order valence-electron chi connectivity index (χ1n) is 8.43. The lowest BCUT2D eigenvalue weighted by Crippen LogP contribution is -2.43. The van der Waals surface area contributed by atoms with Gasteiger partial charge < -0.3 is 9.88 Å². The number of halogens is 1. The van der Waals surface area contributed by atoms with Crippen molar-refractivity contribution in [1.82, 2.24) is 14.2 Å². The molecular weight excluding hydrogens is 450 g/mol. The van der Waals surface area contributed by atoms with Crippen LogP contribution in [0.5, 0.6) is 0 Å². The summed E-state index contributed by atoms with van der Waals surface area (Å²) < 4.78 is 27.4. The molecule has 1 aliphatic rings. The molecule has 0 atom stereocenters. The van der Waals surface area contributed by atoms with Crippen LogP contribution in [-0.2, 0) is 27.8 Å². The minimum absolute atomic E-state index is 0.165. The van der Waals surface area contributed by atoms with E-state index < -0.39 is 10.0 Å². The Bertz CT molecular complexity index is 1110. The Morgan fingerprint density at radius 1 is 1.37 bits per heavy atom. The SMILES string of the molecule is CN(CC(=O)N1CCc2[nH]c3ccc(Br)cc3c2C1)S(=O)(=O)c1cccs1. The van der Waals surface area contributed by atoms with Gasteiger partial charge in [-0.2, -0.15) is 4.31 Å². The zero-order chi connectivity index (χ0) is 19.2. The van der Waals surface area contributed by atoms with E-state index in [1.807, 2.05) is 18.2 Å². The minimum Gasteiger partial charge on any atom is -0.358 e. The Morgan fingerprint density at radius 2 is 2.19 bits per heavy atom. The molecule has 0 bridgehead atoms. The van der Waals surface area contributed by atoms with Gasteiger partial charge >= 0.3 is 0 Å². The summed E-state index contributed by atoms with van der Waals surface area (Å²) in [6, 6.07) is 9.29. The summed E-state index contributed by atoms with van der Waals surface area (Å²) in [4.78, 5) is 17.9. The third kappa shape index (κ3) is 3.44. The summed E-state index contributed by atoms with van der Waals surface area (Å²) in [5.41, 5.74) is 3.30. The molecule has 6 nitrogen and oxygen atoms in total. The Kier molecular flexibility index (Phi) is 4.87. The largest absolute Gasteiger partial charge is 0.358 e. The number of rotatable bonds is 4. The van der Waals surface area contributed by atoms with Crippen molar-refractivity contribution in [3.63, 3.8) is 0 Å². The Balaban J connectivity index is 1.53. The molecule has 3 heterocycles. The molecule has 1 N–H and O–H groups in total. The van der Waals surface area contributed by atoms with E-state index in [2.05, 4.69) is 20.9 Å². The Morgan fingerprint density at radius 3 is 2.93 bits per heavy atom. The second-order valence-corrected chi connectivity index (χ2v) is 10.7. The molecule has 2 aromatic heterocycles. The van der Waals surface area contributed by atoms with Crippen molar-refractivity contribution in [2.45, 2.75) is 17.2 Å². The number of aromatic amines is 1. The number of carbonyl (C=O) groups is 1. The molecule has 0 unspecified atom stereocenters. The van der Waals surface area contributed by atoms with Gasteiger partial charge in [-0.15, -0.1) is 11.3 Å². The summed E-state index contributed by atoms with van der Waals surface area (Å²) in [6.07, 6.45) is 0.731. The summed E-state index contributed by atoms with van der Waals surface area (Å²) in [6.45, 7) is 0.895. The molecule has 0 fully saturated rings. The van der Waals surface area contributed by atoms with Crippen LogP contribution >= 0.6 is 27.3 Å². The van der Waals surface area contributed by atoms with Crippen LogP contribution in [0.15, 0.2) is 44.4 Å². The van der Waals surface area contributed by atoms with Gasteiger partial charge in [-0.1, -0.05) is 22.0 Å². The van der Waals surface area contributed by atoms with Crippen molar-refractivity contribution in [1.29, 1.82) is 0 Å². The first kappa shape index (κ1) is 18.7. The Hall–Kier alpha value is -1.68. The standard InChI is InChI=1S/C18H18BrN3O3S2/c1-21(27(24,25)18-3-2-8-26-18)11-17(23)22-7-6-16-14(10-22)13-9-12(19)4-5-15(13)20-16/h2-5,8-9,20H,6-7,10-11H2,1H3. The third-order valence-corrected chi connectivity index (χ3v) is 8.48. The molecule has 142 valence electrons. The molecule has 0 spiro atoms. The van der Waals surface area contributed by atoms with Crippen LogP contribution in [0, 0.1) is 0 Å². The van der Waals surface area contributed by atoms with Crippen LogP contribution in [-0.4, -0.2) is 48.7 Å². The van der Waals surface area contributed by atoms with Crippen molar-refractivity contribution >= 4 is 54.1 Å². The third-order valence-electron chi connectivity index (χ3n) is 4.81. The second-order valence-electron chi connectivity index (χ2n) is 6.53. The first-order chi connectivity index (χ1) is 12.9. The zero-order valence-electron chi connectivity index (χ0n) is 14.6. The molecule has 0 saturated heterocycles. The van der Waals surface area contributed by atoms with Crippen LogP contribution in [0.25, 0.3) is 10.9 Å². The highest BCUT2D eigenvalue weighted by molar-refractivity contribution is 9.10. The summed E-state index contributed by atoms with van der Waals surface area (Å²) >= 11 is 4.65. The smallest absolute Gasteiger partial charge is 0.252 e. The van der Waals surface area contributed by atoms with E-state index in [1.165, 1.54) is 7.05 Å². The fourth-order valence-electron chi connectivity index (χ4n) is 3.34. The van der Waals surface area contributed by atoms with E-state index >= 15 is 0 Å². The highest BCUT2D eigenvalue weighted by Gasteiger charge is 2.28. The van der Waals surface area contributed by atoms with Crippen LogP contribution in [0.1, 0.15) is 11.3 Å². The predicted octanol–water partition coefficient (Wildman–Crippen LogP) is 3.20. The molecule has 1 amide bonds. The van der Waals surface area contributed by atoms with Gasteiger partial charge in [-0.3, -0.25) is 4.79 Å². The van der Waals surface area contributed by atoms with Gasteiger partial charge in [0.15, 0.2) is 0 Å². The molecular formula is C18H18BrN3O3S2. The van der Waals surface area contributed by atoms with Gasteiger partial charge in [-0.25, -0.2) is 8.42 Å². The number of aromatic nitrogens is 1. The predicted molar refractivity (Wildman–Crippen MR) is 109 cm³/mol. The number of H-pyrrole nitrogens is 1. The van der Waals surface area contributed by atoms with Crippen LogP contribution in [0.2, 0.25) is 0 Å². The number of sulfonamides is 1. The number of nitrogens with zero attached hydrogens (tertiary/aromatic N) is 2. The maximum atomic E-state index is 12.8. The molecule has 3 aromatic rings. The number of benzene rings is 1. The van der Waals surface area contributed by atoms with E-state index in [9.17, 15) is 13.2 Å². The summed E-state index contributed by atoms with van der Waals surface area (Å²) in [5, 5.41) is 2.81. The van der Waals surface area contributed by atoms with E-state index in [0.29, 0.717) is 13.1 Å². The lowest BCUT2D eigenvalue weighted by Gasteiger charge is -2.29. The number of carbonyl (C=O) groups excluding carboxylic acids is 1. The topological polar surface area (TPSA) is 73.5 Å². The van der Waals surface area contributed by atoms with Crippen LogP contribution in [0.4, 0.5) is 0 Å². The normalized spacial score (nSPS) is 14.7. The van der Waals surface area contributed by atoms with Crippen molar-refractivity contribution in [3.05, 3.63) is 51.4 Å². The Labute approximate surface area is 170 Å². The maximum Gasteiger partial charge on any atom is 0.252 e. The van der Waals surface area contributed by atoms with Crippen molar-refractivity contribution < 1.29 is 13.2 Å². The van der Waals surface area contributed by atoms with Gasteiger partial charge in [0, 0.05) is 53.2 Å². The fourth-order valence-corrected chi connectivity index (χ4v) is 6.02. The van der Waals surface area contributed by atoms with E-state index in [1.54, 1.807) is 22.4 Å². The van der Waals surface area contributed by atoms with Crippen molar-refractivity contribution in [3.8, 4) is 0 Å². The van der Waals surface area contributed by atoms with E-state index in [4.69, 9.17) is 0 Å². The summed E-state index contributed by atoms with van der Waals surface area (Å²) in [7, 11) is -2.18. The number of likely N-dealkylation sites (N-methyl/N-ethyl adjacent to an activating group) is 1. The van der Waals surface area contributed by atoms with Gasteiger partial charge in [0.05, 0.1) is 6.54 Å². The van der Waals surface area contributed by atoms with Gasteiger partial charge in [0.1, 0.15) is 4.21 Å². The van der Waals surface area contributed by atoms with Crippen molar-refractivity contribution in [2.75, 3.05) is 20.1 Å². The zero-order valence-corrected chi connectivity index (χ0v) is 17.8.